The summed E-state index contributed by atoms with van der Waals surface area (Å²) in [4.78, 5) is 11.7. The fraction of sp³-hybridized carbons (Fsp3) is 0.632. The Morgan fingerprint density at radius 1 is 1.10 bits per heavy atom. The van der Waals surface area contributed by atoms with E-state index in [9.17, 15) is 4.79 Å². The van der Waals surface area contributed by atoms with Gasteiger partial charge in [-0.3, -0.25) is 4.79 Å². The summed E-state index contributed by atoms with van der Waals surface area (Å²) in [5.41, 5.74) is 2.71. The molecule has 1 aliphatic rings. The summed E-state index contributed by atoms with van der Waals surface area (Å²) in [6.45, 7) is 11.4. The number of hydrogen-bond donors (Lipinski definition) is 1. The number of hydrogen-bond acceptors (Lipinski definition) is 2. The van der Waals surface area contributed by atoms with E-state index in [2.05, 4.69) is 33.0 Å². The lowest BCUT2D eigenvalue weighted by Crippen LogP contribution is -2.40. The van der Waals surface area contributed by atoms with E-state index in [1.807, 2.05) is 31.2 Å². The van der Waals surface area contributed by atoms with Crippen molar-refractivity contribution in [2.24, 2.45) is 10.8 Å². The van der Waals surface area contributed by atoms with Gasteiger partial charge in [-0.2, -0.15) is 0 Å². The van der Waals surface area contributed by atoms with E-state index in [-0.39, 0.29) is 5.78 Å². The molecule has 1 aliphatic carbocycles. The molecule has 0 saturated heterocycles. The molecule has 1 saturated carbocycles. The predicted octanol–water partition coefficient (Wildman–Crippen LogP) is 5.30. The van der Waals surface area contributed by atoms with E-state index in [4.69, 9.17) is 0 Å². The van der Waals surface area contributed by atoms with Crippen LogP contribution in [0.2, 0.25) is 0 Å². The lowest BCUT2D eigenvalue weighted by Gasteiger charge is -2.45. The third kappa shape index (κ3) is 4.33. The monoisotopic (exact) mass is 287 g/mol. The Balaban J connectivity index is 2.06. The van der Waals surface area contributed by atoms with Crippen molar-refractivity contribution < 1.29 is 4.79 Å². The summed E-state index contributed by atoms with van der Waals surface area (Å²) in [5, 5.41) is 3.66. The Kier molecular flexibility index (Phi) is 4.46. The van der Waals surface area contributed by atoms with Gasteiger partial charge in [-0.15, -0.1) is 0 Å². The Bertz CT molecular complexity index is 483. The second-order valence-electron chi connectivity index (χ2n) is 8.11. The maximum absolute atomic E-state index is 11.7. The summed E-state index contributed by atoms with van der Waals surface area (Å²) < 4.78 is 0. The van der Waals surface area contributed by atoms with Crippen molar-refractivity contribution in [3.63, 3.8) is 0 Å². The molecule has 1 N–H and O–H groups in total. The third-order valence-corrected chi connectivity index (χ3v) is 4.45. The second-order valence-corrected chi connectivity index (χ2v) is 8.11. The molecule has 1 aromatic rings. The molecule has 0 spiro atoms. The number of ketones is 1. The van der Waals surface area contributed by atoms with Gasteiger partial charge in [-0.05, 0) is 54.4 Å². The van der Waals surface area contributed by atoms with Crippen LogP contribution in [-0.2, 0) is 0 Å². The van der Waals surface area contributed by atoms with Gasteiger partial charge in [0.1, 0.15) is 0 Å². The maximum atomic E-state index is 11.7. The molecule has 1 fully saturated rings. The van der Waals surface area contributed by atoms with Crippen LogP contribution in [0, 0.1) is 10.8 Å². The molecule has 0 aliphatic heterocycles. The normalized spacial score (nSPS) is 21.0. The van der Waals surface area contributed by atoms with Crippen LogP contribution in [0.5, 0.6) is 0 Å². The fourth-order valence-electron chi connectivity index (χ4n) is 4.14. The SMILES string of the molecule is CCC(=O)c1ccc(NC2CC(C)(C)CC(C)(C)C2)cc1. The number of Topliss-reactive ketones (excluding diaryl/α,β-unsaturated/α-hetero) is 1. The Morgan fingerprint density at radius 2 is 1.62 bits per heavy atom. The first-order valence-corrected chi connectivity index (χ1v) is 8.11. The summed E-state index contributed by atoms with van der Waals surface area (Å²) in [6.07, 6.45) is 4.25. The van der Waals surface area contributed by atoms with Crippen molar-refractivity contribution in [3.05, 3.63) is 29.8 Å². The van der Waals surface area contributed by atoms with Gasteiger partial charge >= 0.3 is 0 Å². The first-order chi connectivity index (χ1) is 9.71. The molecular formula is C19H29NO. The number of benzene rings is 1. The van der Waals surface area contributed by atoms with Crippen LogP contribution >= 0.6 is 0 Å². The zero-order valence-corrected chi connectivity index (χ0v) is 14.1. The highest BCUT2D eigenvalue weighted by molar-refractivity contribution is 5.96. The molecule has 116 valence electrons. The molecular weight excluding hydrogens is 258 g/mol. The number of carbonyl (C=O) groups excluding carboxylic acids is 1. The van der Waals surface area contributed by atoms with Gasteiger partial charge in [0, 0.05) is 23.7 Å². The Labute approximate surface area is 129 Å². The minimum Gasteiger partial charge on any atom is -0.382 e. The number of carbonyl (C=O) groups is 1. The zero-order chi connectivity index (χ0) is 15.7. The van der Waals surface area contributed by atoms with Gasteiger partial charge in [-0.1, -0.05) is 34.6 Å². The van der Waals surface area contributed by atoms with Gasteiger partial charge in [0.15, 0.2) is 5.78 Å². The summed E-state index contributed by atoms with van der Waals surface area (Å²) >= 11 is 0. The number of anilines is 1. The minimum absolute atomic E-state index is 0.210. The summed E-state index contributed by atoms with van der Waals surface area (Å²) in [5.74, 6) is 0.210. The quantitative estimate of drug-likeness (QED) is 0.762. The molecule has 0 atom stereocenters. The molecule has 2 nitrogen and oxygen atoms in total. The average Bonchev–Trinajstić information content (AvgIpc) is 2.35. The Hall–Kier alpha value is -1.31. The highest BCUT2D eigenvalue weighted by Crippen LogP contribution is 2.46. The predicted molar refractivity (Wildman–Crippen MR) is 89.9 cm³/mol. The van der Waals surface area contributed by atoms with Crippen molar-refractivity contribution in [3.8, 4) is 0 Å². The van der Waals surface area contributed by atoms with E-state index >= 15 is 0 Å². The van der Waals surface area contributed by atoms with E-state index in [1.165, 1.54) is 19.3 Å². The van der Waals surface area contributed by atoms with E-state index < -0.39 is 0 Å². The molecule has 2 rings (SSSR count). The molecule has 0 heterocycles. The van der Waals surface area contributed by atoms with E-state index in [0.29, 0.717) is 23.3 Å². The lowest BCUT2D eigenvalue weighted by atomic mass is 9.63. The molecule has 0 unspecified atom stereocenters. The van der Waals surface area contributed by atoms with Crippen LogP contribution in [0.25, 0.3) is 0 Å². The molecule has 0 bridgehead atoms. The standard InChI is InChI=1S/C19H29NO/c1-6-17(21)14-7-9-15(10-8-14)20-16-11-18(2,3)13-19(4,5)12-16/h7-10,16,20H,6,11-13H2,1-5H3. The van der Waals surface area contributed by atoms with Crippen molar-refractivity contribution in [1.82, 2.24) is 0 Å². The first kappa shape index (κ1) is 16.1. The van der Waals surface area contributed by atoms with Crippen LogP contribution in [0.3, 0.4) is 0 Å². The summed E-state index contributed by atoms with van der Waals surface area (Å²) in [6, 6.07) is 8.46. The third-order valence-electron chi connectivity index (χ3n) is 4.45. The largest absolute Gasteiger partial charge is 0.382 e. The van der Waals surface area contributed by atoms with Gasteiger partial charge in [0.2, 0.25) is 0 Å². The van der Waals surface area contributed by atoms with Crippen molar-refractivity contribution in [1.29, 1.82) is 0 Å². The molecule has 0 aromatic heterocycles. The van der Waals surface area contributed by atoms with Gasteiger partial charge in [0.25, 0.3) is 0 Å². The van der Waals surface area contributed by atoms with Gasteiger partial charge < -0.3 is 5.32 Å². The zero-order valence-electron chi connectivity index (χ0n) is 14.1. The van der Waals surface area contributed by atoms with Crippen LogP contribution in [0.15, 0.2) is 24.3 Å². The average molecular weight is 287 g/mol. The Morgan fingerprint density at radius 3 is 2.10 bits per heavy atom. The topological polar surface area (TPSA) is 29.1 Å². The molecule has 0 amide bonds. The highest BCUT2D eigenvalue weighted by Gasteiger charge is 2.38. The van der Waals surface area contributed by atoms with Crippen molar-refractivity contribution >= 4 is 11.5 Å². The van der Waals surface area contributed by atoms with Crippen molar-refractivity contribution in [2.45, 2.75) is 66.3 Å². The number of nitrogens with one attached hydrogen (secondary N) is 1. The van der Waals surface area contributed by atoms with Gasteiger partial charge in [-0.25, -0.2) is 0 Å². The lowest BCUT2D eigenvalue weighted by molar-refractivity contribution is 0.0988. The second kappa shape index (κ2) is 5.82. The molecule has 1 aromatic carbocycles. The first-order valence-electron chi connectivity index (χ1n) is 8.11. The smallest absolute Gasteiger partial charge is 0.162 e. The van der Waals surface area contributed by atoms with E-state index in [1.54, 1.807) is 0 Å². The highest BCUT2D eigenvalue weighted by atomic mass is 16.1. The van der Waals surface area contributed by atoms with Crippen molar-refractivity contribution in [2.75, 3.05) is 5.32 Å². The summed E-state index contributed by atoms with van der Waals surface area (Å²) in [7, 11) is 0. The van der Waals surface area contributed by atoms with Gasteiger partial charge in [0.05, 0.1) is 0 Å². The van der Waals surface area contributed by atoms with Crippen LogP contribution in [-0.4, -0.2) is 11.8 Å². The van der Waals surface area contributed by atoms with Crippen LogP contribution < -0.4 is 5.32 Å². The fourth-order valence-corrected chi connectivity index (χ4v) is 4.14. The van der Waals surface area contributed by atoms with Crippen LogP contribution in [0.4, 0.5) is 5.69 Å². The minimum atomic E-state index is 0.210. The molecule has 2 heteroatoms. The maximum Gasteiger partial charge on any atom is 0.162 e. The van der Waals surface area contributed by atoms with Crippen LogP contribution in [0.1, 0.15) is 70.7 Å². The number of rotatable bonds is 4. The molecule has 0 radical (unpaired) electrons. The molecule has 21 heavy (non-hydrogen) atoms. The van der Waals surface area contributed by atoms with E-state index in [0.717, 1.165) is 11.3 Å².